The molecular formula is C10H8N2O3. The van der Waals surface area contributed by atoms with Gasteiger partial charge in [0.2, 0.25) is 5.69 Å². The Kier molecular flexibility index (Phi) is 2.21. The predicted octanol–water partition coefficient (Wildman–Crippen LogP) is 1.34. The van der Waals surface area contributed by atoms with E-state index in [1.54, 1.807) is 24.3 Å². The van der Waals surface area contributed by atoms with Crippen LogP contribution in [0.2, 0.25) is 0 Å². The first kappa shape index (κ1) is 9.39. The minimum absolute atomic E-state index is 0.170. The third-order valence-electron chi connectivity index (χ3n) is 2.03. The minimum Gasteiger partial charge on any atom is -0.493 e. The highest BCUT2D eigenvalue weighted by molar-refractivity contribution is 5.96. The molecule has 0 saturated carbocycles. The largest absolute Gasteiger partial charge is 0.493 e. The summed E-state index contributed by atoms with van der Waals surface area (Å²) in [7, 11) is 1.41. The van der Waals surface area contributed by atoms with Crippen molar-refractivity contribution in [2.24, 2.45) is 0 Å². The number of methoxy groups -OCH3 is 1. The SMILES string of the molecule is COc1c(C(=O)O)nnc2ccccc12. The topological polar surface area (TPSA) is 72.3 Å². The number of carbonyl (C=O) groups is 1. The van der Waals surface area contributed by atoms with Gasteiger partial charge < -0.3 is 9.84 Å². The molecule has 2 aromatic rings. The van der Waals surface area contributed by atoms with Gasteiger partial charge in [-0.3, -0.25) is 0 Å². The van der Waals surface area contributed by atoms with E-state index < -0.39 is 5.97 Å². The second-order valence-corrected chi connectivity index (χ2v) is 2.90. The summed E-state index contributed by atoms with van der Waals surface area (Å²) in [5.74, 6) is -0.904. The highest BCUT2D eigenvalue weighted by Gasteiger charge is 2.16. The molecule has 15 heavy (non-hydrogen) atoms. The summed E-state index contributed by atoms with van der Waals surface area (Å²) in [6.07, 6.45) is 0. The molecule has 5 nitrogen and oxygen atoms in total. The third-order valence-corrected chi connectivity index (χ3v) is 2.03. The number of ether oxygens (including phenoxy) is 1. The van der Waals surface area contributed by atoms with Crippen LogP contribution in [0.4, 0.5) is 0 Å². The molecule has 5 heteroatoms. The van der Waals surface area contributed by atoms with Crippen LogP contribution in [0.1, 0.15) is 10.5 Å². The molecule has 0 aliphatic heterocycles. The summed E-state index contributed by atoms with van der Waals surface area (Å²) in [4.78, 5) is 10.8. The number of hydrogen-bond acceptors (Lipinski definition) is 4. The molecule has 76 valence electrons. The monoisotopic (exact) mass is 204 g/mol. The summed E-state index contributed by atoms with van der Waals surface area (Å²) < 4.78 is 5.04. The van der Waals surface area contributed by atoms with E-state index in [1.165, 1.54) is 7.11 Å². The normalized spacial score (nSPS) is 10.2. The summed E-state index contributed by atoms with van der Waals surface area (Å²) in [5.41, 5.74) is 0.440. The van der Waals surface area contributed by atoms with E-state index in [0.717, 1.165) is 0 Å². The Labute approximate surface area is 85.3 Å². The van der Waals surface area contributed by atoms with E-state index in [0.29, 0.717) is 10.9 Å². The van der Waals surface area contributed by atoms with Gasteiger partial charge in [-0.15, -0.1) is 10.2 Å². The first-order valence-electron chi connectivity index (χ1n) is 4.26. The van der Waals surface area contributed by atoms with Gasteiger partial charge in [-0.05, 0) is 12.1 Å². The van der Waals surface area contributed by atoms with Crippen LogP contribution in [0, 0.1) is 0 Å². The molecule has 0 bridgehead atoms. The molecule has 0 radical (unpaired) electrons. The molecule has 0 fully saturated rings. The van der Waals surface area contributed by atoms with Gasteiger partial charge in [0.15, 0.2) is 5.75 Å². The Hall–Kier alpha value is -2.17. The number of nitrogens with zero attached hydrogens (tertiary/aromatic N) is 2. The fraction of sp³-hybridized carbons (Fsp3) is 0.100. The molecule has 0 unspecified atom stereocenters. The summed E-state index contributed by atoms with van der Waals surface area (Å²) in [6.45, 7) is 0. The van der Waals surface area contributed by atoms with Crippen molar-refractivity contribution in [1.29, 1.82) is 0 Å². The molecule has 0 amide bonds. The number of aromatic nitrogens is 2. The van der Waals surface area contributed by atoms with Crippen LogP contribution in [-0.4, -0.2) is 28.4 Å². The highest BCUT2D eigenvalue weighted by Crippen LogP contribution is 2.25. The van der Waals surface area contributed by atoms with Crippen LogP contribution in [0.25, 0.3) is 10.9 Å². The van der Waals surface area contributed by atoms with E-state index in [1.807, 2.05) is 0 Å². The van der Waals surface area contributed by atoms with Crippen molar-refractivity contribution in [2.45, 2.75) is 0 Å². The zero-order valence-corrected chi connectivity index (χ0v) is 7.97. The summed E-state index contributed by atoms with van der Waals surface area (Å²) >= 11 is 0. The molecular weight excluding hydrogens is 196 g/mol. The van der Waals surface area contributed by atoms with E-state index in [2.05, 4.69) is 10.2 Å². The van der Waals surface area contributed by atoms with Crippen molar-refractivity contribution in [2.75, 3.05) is 7.11 Å². The van der Waals surface area contributed by atoms with Crippen molar-refractivity contribution in [3.63, 3.8) is 0 Å². The number of aromatic carboxylic acids is 1. The summed E-state index contributed by atoms with van der Waals surface area (Å²) in [5, 5.41) is 16.9. The van der Waals surface area contributed by atoms with E-state index >= 15 is 0 Å². The number of fused-ring (bicyclic) bond motifs is 1. The lowest BCUT2D eigenvalue weighted by molar-refractivity contribution is 0.0685. The van der Waals surface area contributed by atoms with Gasteiger partial charge in [-0.1, -0.05) is 12.1 Å². The molecule has 0 saturated heterocycles. The Morgan fingerprint density at radius 2 is 2.07 bits per heavy atom. The second-order valence-electron chi connectivity index (χ2n) is 2.90. The average molecular weight is 204 g/mol. The maximum Gasteiger partial charge on any atom is 0.360 e. The molecule has 1 aromatic heterocycles. The Balaban J connectivity index is 2.81. The number of carboxylic acids is 1. The lowest BCUT2D eigenvalue weighted by Gasteiger charge is -2.06. The van der Waals surface area contributed by atoms with E-state index in [-0.39, 0.29) is 11.4 Å². The number of carboxylic acid groups (broad SMARTS) is 1. The maximum atomic E-state index is 10.8. The van der Waals surface area contributed by atoms with Crippen molar-refractivity contribution >= 4 is 16.9 Å². The molecule has 0 spiro atoms. The first-order chi connectivity index (χ1) is 7.24. The fourth-order valence-electron chi connectivity index (χ4n) is 1.38. The maximum absolute atomic E-state index is 10.8. The van der Waals surface area contributed by atoms with Gasteiger partial charge in [0, 0.05) is 5.39 Å². The highest BCUT2D eigenvalue weighted by atomic mass is 16.5. The third kappa shape index (κ3) is 1.48. The first-order valence-corrected chi connectivity index (χ1v) is 4.26. The molecule has 0 aliphatic rings. The van der Waals surface area contributed by atoms with Gasteiger partial charge in [0.1, 0.15) is 0 Å². The molecule has 1 N–H and O–H groups in total. The Morgan fingerprint density at radius 3 is 2.73 bits per heavy atom. The second kappa shape index (κ2) is 3.53. The molecule has 0 aliphatic carbocycles. The smallest absolute Gasteiger partial charge is 0.360 e. The van der Waals surface area contributed by atoms with E-state index in [9.17, 15) is 4.79 Å². The summed E-state index contributed by atoms with van der Waals surface area (Å²) in [6, 6.07) is 7.08. The number of benzene rings is 1. The fourth-order valence-corrected chi connectivity index (χ4v) is 1.38. The van der Waals surface area contributed by atoms with Gasteiger partial charge >= 0.3 is 5.97 Å². The number of rotatable bonds is 2. The van der Waals surface area contributed by atoms with E-state index in [4.69, 9.17) is 9.84 Å². The average Bonchev–Trinajstić information content (AvgIpc) is 2.27. The van der Waals surface area contributed by atoms with Crippen molar-refractivity contribution in [3.8, 4) is 5.75 Å². The van der Waals surface area contributed by atoms with Gasteiger partial charge in [-0.25, -0.2) is 4.79 Å². The zero-order valence-electron chi connectivity index (χ0n) is 7.97. The Bertz CT molecular complexity index is 525. The van der Waals surface area contributed by atoms with Crippen LogP contribution < -0.4 is 4.74 Å². The predicted molar refractivity (Wildman–Crippen MR) is 53.0 cm³/mol. The standard InChI is InChI=1S/C10H8N2O3/c1-15-9-6-4-2-3-5-7(6)11-12-8(9)10(13)14/h2-5H,1H3,(H,13,14). The molecule has 2 rings (SSSR count). The molecule has 1 aromatic carbocycles. The van der Waals surface area contributed by atoms with Crippen LogP contribution in [0.15, 0.2) is 24.3 Å². The van der Waals surface area contributed by atoms with Gasteiger partial charge in [0.25, 0.3) is 0 Å². The number of hydrogen-bond donors (Lipinski definition) is 1. The molecule has 1 heterocycles. The van der Waals surface area contributed by atoms with Crippen molar-refractivity contribution in [3.05, 3.63) is 30.0 Å². The zero-order chi connectivity index (χ0) is 10.8. The van der Waals surface area contributed by atoms with Gasteiger partial charge in [-0.2, -0.15) is 0 Å². The van der Waals surface area contributed by atoms with Crippen LogP contribution >= 0.6 is 0 Å². The van der Waals surface area contributed by atoms with Crippen molar-refractivity contribution in [1.82, 2.24) is 10.2 Å². The van der Waals surface area contributed by atoms with Crippen LogP contribution in [-0.2, 0) is 0 Å². The Morgan fingerprint density at radius 1 is 1.33 bits per heavy atom. The quantitative estimate of drug-likeness (QED) is 0.799. The minimum atomic E-state index is -1.15. The van der Waals surface area contributed by atoms with Crippen LogP contribution in [0.5, 0.6) is 5.75 Å². The van der Waals surface area contributed by atoms with Crippen molar-refractivity contribution < 1.29 is 14.6 Å². The van der Waals surface area contributed by atoms with Crippen LogP contribution in [0.3, 0.4) is 0 Å². The molecule has 0 atom stereocenters. The van der Waals surface area contributed by atoms with Gasteiger partial charge in [0.05, 0.1) is 12.6 Å². The lowest BCUT2D eigenvalue weighted by atomic mass is 10.2. The lowest BCUT2D eigenvalue weighted by Crippen LogP contribution is -2.05.